The van der Waals surface area contributed by atoms with Crippen molar-refractivity contribution < 1.29 is 41.0 Å². The summed E-state index contributed by atoms with van der Waals surface area (Å²) in [5.41, 5.74) is -3.07. The molecule has 1 aliphatic rings. The van der Waals surface area contributed by atoms with Crippen molar-refractivity contribution in [3.8, 4) is 5.69 Å². The monoisotopic (exact) mass is 569 g/mol. The summed E-state index contributed by atoms with van der Waals surface area (Å²) in [6.07, 6.45) is -6.84. The fraction of sp³-hybridized carbons (Fsp3) is 0.464. The van der Waals surface area contributed by atoms with Gasteiger partial charge in [-0.15, -0.1) is 0 Å². The van der Waals surface area contributed by atoms with Gasteiger partial charge in [0, 0.05) is 30.6 Å². The van der Waals surface area contributed by atoms with Gasteiger partial charge in [0.05, 0.1) is 17.2 Å². The number of carboxylic acid groups (broad SMARTS) is 1. The van der Waals surface area contributed by atoms with Crippen LogP contribution in [0.1, 0.15) is 68.8 Å². The molecule has 12 heteroatoms. The normalized spacial score (nSPS) is 15.3. The minimum absolute atomic E-state index is 0.0379. The van der Waals surface area contributed by atoms with Gasteiger partial charge in [-0.1, -0.05) is 20.8 Å². The fourth-order valence-electron chi connectivity index (χ4n) is 4.93. The molecule has 4 rings (SSSR count). The van der Waals surface area contributed by atoms with Crippen LogP contribution >= 0.6 is 0 Å². The Morgan fingerprint density at radius 2 is 1.70 bits per heavy atom. The molecular formula is C28H29F6N3O3. The first-order chi connectivity index (χ1) is 18.4. The number of aliphatic carboxylic acids is 1. The van der Waals surface area contributed by atoms with Gasteiger partial charge >= 0.3 is 18.3 Å². The van der Waals surface area contributed by atoms with Crippen LogP contribution < -0.4 is 0 Å². The Morgan fingerprint density at radius 1 is 1.05 bits per heavy atom. The third kappa shape index (κ3) is 5.80. The number of pyridine rings is 1. The van der Waals surface area contributed by atoms with E-state index in [1.165, 1.54) is 15.7 Å². The van der Waals surface area contributed by atoms with Crippen LogP contribution in [0.25, 0.3) is 16.7 Å². The summed E-state index contributed by atoms with van der Waals surface area (Å²) in [5, 5.41) is 10.2. The van der Waals surface area contributed by atoms with Gasteiger partial charge in [0.15, 0.2) is 0 Å². The van der Waals surface area contributed by atoms with Crippen molar-refractivity contribution in [3.05, 3.63) is 58.9 Å². The summed E-state index contributed by atoms with van der Waals surface area (Å²) in [6, 6.07) is 4.67. The number of rotatable bonds is 7. The lowest BCUT2D eigenvalue weighted by atomic mass is 9.76. The van der Waals surface area contributed by atoms with Crippen molar-refractivity contribution >= 4 is 22.9 Å². The van der Waals surface area contributed by atoms with E-state index in [4.69, 9.17) is 0 Å². The highest BCUT2D eigenvalue weighted by Gasteiger charge is 2.39. The smallest absolute Gasteiger partial charge is 0.433 e. The second-order valence-corrected chi connectivity index (χ2v) is 11.1. The summed E-state index contributed by atoms with van der Waals surface area (Å²) >= 11 is 0. The molecule has 1 atom stereocenters. The molecule has 0 bridgehead atoms. The molecule has 0 aliphatic heterocycles. The van der Waals surface area contributed by atoms with Crippen LogP contribution in [0.4, 0.5) is 26.3 Å². The number of carboxylic acids is 1. The predicted molar refractivity (Wildman–Crippen MR) is 135 cm³/mol. The van der Waals surface area contributed by atoms with Gasteiger partial charge in [0.2, 0.25) is 5.91 Å². The third-order valence-electron chi connectivity index (χ3n) is 7.04. The lowest BCUT2D eigenvalue weighted by molar-refractivity contribution is -0.142. The third-order valence-corrected chi connectivity index (χ3v) is 7.04. The Morgan fingerprint density at radius 3 is 2.20 bits per heavy atom. The first-order valence-corrected chi connectivity index (χ1v) is 12.7. The predicted octanol–water partition coefficient (Wildman–Crippen LogP) is 7.04. The van der Waals surface area contributed by atoms with Crippen LogP contribution in [-0.2, 0) is 28.5 Å². The van der Waals surface area contributed by atoms with E-state index in [1.54, 1.807) is 27.7 Å². The van der Waals surface area contributed by atoms with E-state index in [-0.39, 0.29) is 52.8 Å². The van der Waals surface area contributed by atoms with Crippen molar-refractivity contribution in [2.75, 3.05) is 6.54 Å². The topological polar surface area (TPSA) is 75.4 Å². The van der Waals surface area contributed by atoms with E-state index < -0.39 is 40.9 Å². The Labute approximate surface area is 226 Å². The van der Waals surface area contributed by atoms with Crippen LogP contribution in [0.15, 0.2) is 36.5 Å². The average Bonchev–Trinajstić information content (AvgIpc) is 3.62. The zero-order valence-corrected chi connectivity index (χ0v) is 22.3. The molecule has 1 aromatic carbocycles. The molecule has 6 nitrogen and oxygen atoms in total. The summed E-state index contributed by atoms with van der Waals surface area (Å²) in [6.45, 7) is 6.68. The molecular weight excluding hydrogens is 540 g/mol. The minimum atomic E-state index is -4.82. The Balaban J connectivity index is 2.00. The fourth-order valence-corrected chi connectivity index (χ4v) is 4.93. The second kappa shape index (κ2) is 10.1. The zero-order chi connectivity index (χ0) is 29.8. The Kier molecular flexibility index (Phi) is 7.44. The molecule has 0 saturated heterocycles. The number of benzene rings is 1. The number of halogens is 6. The van der Waals surface area contributed by atoms with Gasteiger partial charge in [-0.2, -0.15) is 26.3 Å². The number of fused-ring (bicyclic) bond motifs is 1. The van der Waals surface area contributed by atoms with Gasteiger partial charge in [-0.25, -0.2) is 4.98 Å². The van der Waals surface area contributed by atoms with Gasteiger partial charge in [0.25, 0.3) is 0 Å². The van der Waals surface area contributed by atoms with Gasteiger partial charge in [-0.3, -0.25) is 9.59 Å². The number of hydrogen-bond acceptors (Lipinski definition) is 3. The number of carbonyl (C=O) groups is 2. The zero-order valence-electron chi connectivity index (χ0n) is 22.3. The molecule has 2 heterocycles. The van der Waals surface area contributed by atoms with Crippen LogP contribution in [0.5, 0.6) is 0 Å². The maximum Gasteiger partial charge on any atom is 0.433 e. The first-order valence-electron chi connectivity index (χ1n) is 12.7. The van der Waals surface area contributed by atoms with E-state index >= 15 is 0 Å². The Hall–Kier alpha value is -3.57. The van der Waals surface area contributed by atoms with Crippen LogP contribution in [0.2, 0.25) is 0 Å². The lowest BCUT2D eigenvalue weighted by Gasteiger charge is -2.27. The van der Waals surface area contributed by atoms with E-state index in [1.807, 2.05) is 0 Å². The number of hydrogen-bond donors (Lipinski definition) is 1. The van der Waals surface area contributed by atoms with Crippen molar-refractivity contribution in [1.82, 2.24) is 14.5 Å². The summed E-state index contributed by atoms with van der Waals surface area (Å²) in [4.78, 5) is 30.3. The average molecular weight is 570 g/mol. The standard InChI is InChI=1S/C28H29F6N3O3/c1-5-36(24(38)15-6-7-15)13-16-12-17(27(29,30)31)8-10-20(16)37-14-19(22(25(39)40)26(2,3)4)18-9-11-21(28(32,33)34)35-23(18)37/h8-12,14-15,22H,5-7,13H2,1-4H3,(H,39,40). The highest BCUT2D eigenvalue weighted by Crippen LogP contribution is 2.42. The summed E-state index contributed by atoms with van der Waals surface area (Å²) in [5.74, 6) is -2.80. The molecule has 2 aromatic heterocycles. The molecule has 0 spiro atoms. The van der Waals surface area contributed by atoms with E-state index in [9.17, 15) is 41.0 Å². The van der Waals surface area contributed by atoms with Gasteiger partial charge in [0.1, 0.15) is 11.3 Å². The largest absolute Gasteiger partial charge is 0.481 e. The van der Waals surface area contributed by atoms with Crippen LogP contribution in [-0.4, -0.2) is 38.0 Å². The maximum atomic E-state index is 13.7. The first kappa shape index (κ1) is 29.4. The molecule has 0 radical (unpaired) electrons. The number of nitrogens with zero attached hydrogens (tertiary/aromatic N) is 3. The SMILES string of the molecule is CCN(Cc1cc(C(F)(F)F)ccc1-n1cc(C(C(=O)O)C(C)(C)C)c2ccc(C(F)(F)F)nc21)C(=O)C1CC1. The summed E-state index contributed by atoms with van der Waals surface area (Å²) < 4.78 is 83.2. The van der Waals surface area contributed by atoms with Crippen molar-refractivity contribution in [2.24, 2.45) is 11.3 Å². The molecule has 1 saturated carbocycles. The maximum absolute atomic E-state index is 13.7. The number of aromatic nitrogens is 2. The highest BCUT2D eigenvalue weighted by molar-refractivity contribution is 5.90. The molecule has 3 aromatic rings. The minimum Gasteiger partial charge on any atom is -0.481 e. The van der Waals surface area contributed by atoms with Crippen LogP contribution in [0.3, 0.4) is 0 Å². The second-order valence-electron chi connectivity index (χ2n) is 11.1. The number of carbonyl (C=O) groups excluding carboxylic acids is 1. The van der Waals surface area contributed by atoms with Crippen molar-refractivity contribution in [3.63, 3.8) is 0 Å². The van der Waals surface area contributed by atoms with Gasteiger partial charge < -0.3 is 14.6 Å². The summed E-state index contributed by atoms with van der Waals surface area (Å²) in [7, 11) is 0. The molecule has 216 valence electrons. The van der Waals surface area contributed by atoms with Crippen LogP contribution in [0, 0.1) is 11.3 Å². The highest BCUT2D eigenvalue weighted by atomic mass is 19.4. The molecule has 1 aliphatic carbocycles. The van der Waals surface area contributed by atoms with E-state index in [2.05, 4.69) is 4.98 Å². The molecule has 1 amide bonds. The van der Waals surface area contributed by atoms with Crippen molar-refractivity contribution in [2.45, 2.75) is 65.4 Å². The van der Waals surface area contributed by atoms with Crippen molar-refractivity contribution in [1.29, 1.82) is 0 Å². The van der Waals surface area contributed by atoms with Gasteiger partial charge in [-0.05, 0) is 66.6 Å². The molecule has 1 N–H and O–H groups in total. The quantitative estimate of drug-likeness (QED) is 0.310. The van der Waals surface area contributed by atoms with E-state index in [0.29, 0.717) is 12.8 Å². The number of amides is 1. The molecule has 1 unspecified atom stereocenters. The Bertz CT molecular complexity index is 1450. The lowest BCUT2D eigenvalue weighted by Crippen LogP contribution is -2.32. The van der Waals surface area contributed by atoms with E-state index in [0.717, 1.165) is 30.3 Å². The molecule has 40 heavy (non-hydrogen) atoms. The number of alkyl halides is 6. The molecule has 1 fully saturated rings.